The molecular formula is C28H38F2N6O4S. The van der Waals surface area contributed by atoms with Crippen LogP contribution in [0.2, 0.25) is 0 Å². The predicted octanol–water partition coefficient (Wildman–Crippen LogP) is 3.70. The average Bonchev–Trinajstić information content (AvgIpc) is 3.65. The number of piperidine rings is 2. The Morgan fingerprint density at radius 3 is 2.24 bits per heavy atom. The van der Waals surface area contributed by atoms with E-state index in [0.29, 0.717) is 35.4 Å². The van der Waals surface area contributed by atoms with Crippen LogP contribution in [0.4, 0.5) is 26.2 Å². The molecule has 2 saturated heterocycles. The number of benzene rings is 1. The second-order valence-electron chi connectivity index (χ2n) is 12.3. The number of carbonyl (C=O) groups excluding carboxylic acids is 1. The zero-order valence-electron chi connectivity index (χ0n) is 23.7. The number of halogens is 2. The number of sulfonamides is 1. The molecule has 1 aliphatic carbocycles. The molecule has 1 aromatic carbocycles. The fourth-order valence-electron chi connectivity index (χ4n) is 5.36. The molecule has 10 nitrogen and oxygen atoms in total. The normalized spacial score (nSPS) is 20.2. The maximum absolute atomic E-state index is 13.7. The third kappa shape index (κ3) is 7.12. The van der Waals surface area contributed by atoms with E-state index in [4.69, 9.17) is 0 Å². The van der Waals surface area contributed by atoms with Gasteiger partial charge in [0.05, 0.1) is 21.7 Å². The van der Waals surface area contributed by atoms with Gasteiger partial charge in [-0.25, -0.2) is 26.9 Å². The van der Waals surface area contributed by atoms with Crippen LogP contribution in [0.15, 0.2) is 29.2 Å². The zero-order chi connectivity index (χ0) is 29.6. The Bertz CT molecular complexity index is 1410. The van der Waals surface area contributed by atoms with Crippen LogP contribution >= 0.6 is 0 Å². The first-order valence-electron chi connectivity index (χ1n) is 14.0. The van der Waals surface area contributed by atoms with Crippen LogP contribution in [0.25, 0.3) is 0 Å². The Morgan fingerprint density at radius 2 is 1.63 bits per heavy atom. The molecule has 13 heteroatoms. The van der Waals surface area contributed by atoms with Gasteiger partial charge >= 0.3 is 0 Å². The van der Waals surface area contributed by atoms with Gasteiger partial charge in [-0.05, 0) is 70.1 Å². The first kappa shape index (κ1) is 29.6. The monoisotopic (exact) mass is 592 g/mol. The summed E-state index contributed by atoms with van der Waals surface area (Å²) in [6.45, 7) is 6.24. The number of hydrogen-bond donors (Lipinski definition) is 3. The number of alkyl halides is 2. The topological polar surface area (TPSA) is 128 Å². The van der Waals surface area contributed by atoms with Crippen molar-refractivity contribution >= 4 is 33.4 Å². The lowest BCUT2D eigenvalue weighted by atomic mass is 9.93. The van der Waals surface area contributed by atoms with Crippen molar-refractivity contribution in [1.82, 2.24) is 14.7 Å². The van der Waals surface area contributed by atoms with Crippen LogP contribution in [-0.2, 0) is 10.0 Å². The van der Waals surface area contributed by atoms with Crippen molar-refractivity contribution in [2.75, 3.05) is 47.8 Å². The van der Waals surface area contributed by atoms with Gasteiger partial charge in [0.2, 0.25) is 16.0 Å². The molecular weight excluding hydrogens is 554 g/mol. The minimum atomic E-state index is -3.95. The Balaban J connectivity index is 1.41. The summed E-state index contributed by atoms with van der Waals surface area (Å²) in [7, 11) is -3.95. The maximum Gasteiger partial charge on any atom is 0.258 e. The molecule has 5 rings (SSSR count). The van der Waals surface area contributed by atoms with Gasteiger partial charge in [-0.15, -0.1) is 0 Å². The van der Waals surface area contributed by atoms with E-state index in [2.05, 4.69) is 24.9 Å². The first-order chi connectivity index (χ1) is 19.1. The van der Waals surface area contributed by atoms with Gasteiger partial charge in [0, 0.05) is 57.3 Å². The highest BCUT2D eigenvalue weighted by molar-refractivity contribution is 7.89. The highest BCUT2D eigenvalue weighted by Gasteiger charge is 2.45. The quantitative estimate of drug-likeness (QED) is 0.424. The number of aromatic nitrogens is 2. The summed E-state index contributed by atoms with van der Waals surface area (Å²) >= 11 is 0. The molecule has 1 amide bonds. The smallest absolute Gasteiger partial charge is 0.258 e. The SMILES string of the molecule is Cc1cc(NC(=O)c2ccc(S(=O)(=O)NCC(C)(C)O)cc2N2CCC3(CC2)CC3)nc(N2CCC(F)(F)CC2)n1. The number of hydrogen-bond acceptors (Lipinski definition) is 8. The predicted molar refractivity (Wildman–Crippen MR) is 152 cm³/mol. The molecule has 224 valence electrons. The summed E-state index contributed by atoms with van der Waals surface area (Å²) in [6.07, 6.45) is 3.79. The molecule has 3 heterocycles. The molecule has 0 bridgehead atoms. The van der Waals surface area contributed by atoms with Crippen molar-refractivity contribution in [2.45, 2.75) is 75.7 Å². The molecule has 0 radical (unpaired) electrons. The van der Waals surface area contributed by atoms with Crippen molar-refractivity contribution in [2.24, 2.45) is 5.41 Å². The average molecular weight is 593 g/mol. The number of amides is 1. The lowest BCUT2D eigenvalue weighted by Gasteiger charge is -2.35. The van der Waals surface area contributed by atoms with E-state index in [-0.39, 0.29) is 49.1 Å². The van der Waals surface area contributed by atoms with E-state index in [0.717, 1.165) is 12.8 Å². The first-order valence-corrected chi connectivity index (χ1v) is 15.5. The van der Waals surface area contributed by atoms with Crippen LogP contribution in [0.1, 0.15) is 68.4 Å². The Hall–Kier alpha value is -2.90. The summed E-state index contributed by atoms with van der Waals surface area (Å²) in [5.74, 6) is -2.65. The number of aliphatic hydroxyl groups is 1. The van der Waals surface area contributed by atoms with E-state index in [1.54, 1.807) is 17.9 Å². The summed E-state index contributed by atoms with van der Waals surface area (Å²) < 4.78 is 55.9. The lowest BCUT2D eigenvalue weighted by molar-refractivity contribution is -0.0222. The Kier molecular flexibility index (Phi) is 7.75. The van der Waals surface area contributed by atoms with Crippen molar-refractivity contribution in [3.8, 4) is 0 Å². The molecule has 3 aliphatic rings. The highest BCUT2D eigenvalue weighted by atomic mass is 32.2. The van der Waals surface area contributed by atoms with Gasteiger partial charge in [-0.1, -0.05) is 0 Å². The third-order valence-corrected chi connectivity index (χ3v) is 9.60. The zero-order valence-corrected chi connectivity index (χ0v) is 24.5. The second kappa shape index (κ2) is 10.7. The number of rotatable bonds is 8. The fourth-order valence-corrected chi connectivity index (χ4v) is 6.59. The molecule has 1 spiro atoms. The number of nitrogens with one attached hydrogen (secondary N) is 2. The number of aryl methyl sites for hydroxylation is 1. The molecule has 2 aromatic rings. The van der Waals surface area contributed by atoms with Gasteiger partial charge in [0.1, 0.15) is 5.82 Å². The third-order valence-electron chi connectivity index (χ3n) is 8.20. The fraction of sp³-hybridized carbons (Fsp3) is 0.607. The Labute approximate surface area is 239 Å². The molecule has 41 heavy (non-hydrogen) atoms. The van der Waals surface area contributed by atoms with Crippen LogP contribution in [0.3, 0.4) is 0 Å². The molecule has 3 N–H and O–H groups in total. The van der Waals surface area contributed by atoms with E-state index >= 15 is 0 Å². The summed E-state index contributed by atoms with van der Waals surface area (Å²) in [5.41, 5.74) is 0.532. The summed E-state index contributed by atoms with van der Waals surface area (Å²) in [5, 5.41) is 12.8. The van der Waals surface area contributed by atoms with Crippen LogP contribution in [0.5, 0.6) is 0 Å². The van der Waals surface area contributed by atoms with Gasteiger partial charge in [-0.2, -0.15) is 4.98 Å². The van der Waals surface area contributed by atoms with Gasteiger partial charge < -0.3 is 20.2 Å². The minimum absolute atomic E-state index is 0.00192. The number of anilines is 3. The molecule has 0 unspecified atom stereocenters. The van der Waals surface area contributed by atoms with Crippen LogP contribution in [-0.4, -0.2) is 73.6 Å². The maximum atomic E-state index is 13.7. The summed E-state index contributed by atoms with van der Waals surface area (Å²) in [6, 6.07) is 5.99. The number of nitrogens with zero attached hydrogens (tertiary/aromatic N) is 4. The largest absolute Gasteiger partial charge is 0.389 e. The van der Waals surface area contributed by atoms with Crippen LogP contribution < -0.4 is 19.8 Å². The van der Waals surface area contributed by atoms with Gasteiger partial charge in [0.25, 0.3) is 11.8 Å². The van der Waals surface area contributed by atoms with E-state index in [9.17, 15) is 27.1 Å². The van der Waals surface area contributed by atoms with Gasteiger partial charge in [0.15, 0.2) is 0 Å². The molecule has 2 aliphatic heterocycles. The van der Waals surface area contributed by atoms with Crippen molar-refractivity contribution in [3.05, 3.63) is 35.5 Å². The Morgan fingerprint density at radius 1 is 1.00 bits per heavy atom. The van der Waals surface area contributed by atoms with E-state index < -0.39 is 27.5 Å². The van der Waals surface area contributed by atoms with Gasteiger partial charge in [-0.3, -0.25) is 4.79 Å². The number of carbonyl (C=O) groups is 1. The van der Waals surface area contributed by atoms with Crippen molar-refractivity contribution < 1.29 is 27.1 Å². The van der Waals surface area contributed by atoms with Crippen LogP contribution in [0, 0.1) is 12.3 Å². The lowest BCUT2D eigenvalue weighted by Crippen LogP contribution is -2.40. The van der Waals surface area contributed by atoms with Crippen molar-refractivity contribution in [1.29, 1.82) is 0 Å². The second-order valence-corrected chi connectivity index (χ2v) is 14.1. The minimum Gasteiger partial charge on any atom is -0.389 e. The highest BCUT2D eigenvalue weighted by Crippen LogP contribution is 2.54. The standard InChI is InChI=1S/C28H38F2N6O4S/c1-19-16-23(34-25(32-19)36-14-10-28(29,30)11-15-36)33-24(37)21-5-4-20(41(39,40)31-18-26(2,3)38)17-22(21)35-12-8-27(6-7-27)9-13-35/h4-5,16-17,31,38H,6-15,18H2,1-3H3,(H,32,33,34,37). The molecule has 3 fully saturated rings. The van der Waals surface area contributed by atoms with E-state index in [1.165, 1.54) is 44.9 Å². The summed E-state index contributed by atoms with van der Waals surface area (Å²) in [4.78, 5) is 26.2. The van der Waals surface area contributed by atoms with E-state index in [1.807, 2.05) is 0 Å². The van der Waals surface area contributed by atoms with Crippen molar-refractivity contribution in [3.63, 3.8) is 0 Å². The molecule has 1 saturated carbocycles. The molecule has 0 atom stereocenters. The molecule has 1 aromatic heterocycles.